The molecule has 1 saturated heterocycles. The van der Waals surface area contributed by atoms with E-state index in [0.717, 1.165) is 18.8 Å². The summed E-state index contributed by atoms with van der Waals surface area (Å²) < 4.78 is 5.84. The molecule has 1 aromatic rings. The summed E-state index contributed by atoms with van der Waals surface area (Å²) in [7, 11) is 4.14. The van der Waals surface area contributed by atoms with Crippen molar-refractivity contribution in [2.24, 2.45) is 0 Å². The van der Waals surface area contributed by atoms with E-state index in [2.05, 4.69) is 30.3 Å². The highest BCUT2D eigenvalue weighted by molar-refractivity contribution is 6.32. The molecular weight excluding hydrogens is 272 g/mol. The average molecular weight is 297 g/mol. The molecule has 3 nitrogen and oxygen atoms in total. The second-order valence-electron chi connectivity index (χ2n) is 5.61. The summed E-state index contributed by atoms with van der Waals surface area (Å²) >= 11 is 6.29. The largest absolute Gasteiger partial charge is 0.492 e. The zero-order chi connectivity index (χ0) is 14.5. The highest BCUT2D eigenvalue weighted by Gasteiger charge is 2.20. The highest BCUT2D eigenvalue weighted by atomic mass is 35.5. The maximum Gasteiger partial charge on any atom is 0.137 e. The molecule has 0 bridgehead atoms. The third-order valence-corrected chi connectivity index (χ3v) is 4.56. The van der Waals surface area contributed by atoms with Gasteiger partial charge in [-0.3, -0.25) is 0 Å². The van der Waals surface area contributed by atoms with Crippen LogP contribution in [-0.2, 0) is 0 Å². The number of nitrogens with one attached hydrogen (secondary N) is 1. The number of benzene rings is 1. The number of ether oxygens (including phenoxy) is 1. The van der Waals surface area contributed by atoms with E-state index < -0.39 is 0 Å². The van der Waals surface area contributed by atoms with E-state index >= 15 is 0 Å². The Morgan fingerprint density at radius 1 is 1.50 bits per heavy atom. The van der Waals surface area contributed by atoms with Crippen molar-refractivity contribution in [1.82, 2.24) is 10.2 Å². The Morgan fingerprint density at radius 2 is 2.30 bits per heavy atom. The van der Waals surface area contributed by atoms with Gasteiger partial charge in [0.1, 0.15) is 5.75 Å². The number of hydrogen-bond donors (Lipinski definition) is 1. The normalized spacial score (nSPS) is 21.1. The van der Waals surface area contributed by atoms with Crippen molar-refractivity contribution in [2.45, 2.75) is 38.3 Å². The van der Waals surface area contributed by atoms with Crippen LogP contribution in [0, 0.1) is 0 Å². The predicted molar refractivity (Wildman–Crippen MR) is 84.7 cm³/mol. The van der Waals surface area contributed by atoms with Gasteiger partial charge >= 0.3 is 0 Å². The van der Waals surface area contributed by atoms with Crippen molar-refractivity contribution in [3.63, 3.8) is 0 Å². The van der Waals surface area contributed by atoms with Gasteiger partial charge in [-0.25, -0.2) is 0 Å². The molecule has 0 spiro atoms. The van der Waals surface area contributed by atoms with Gasteiger partial charge in [0.15, 0.2) is 0 Å². The van der Waals surface area contributed by atoms with E-state index in [1.165, 1.54) is 24.9 Å². The van der Waals surface area contributed by atoms with Crippen LogP contribution in [0.5, 0.6) is 5.75 Å². The van der Waals surface area contributed by atoms with Gasteiger partial charge in [0.2, 0.25) is 0 Å². The zero-order valence-corrected chi connectivity index (χ0v) is 13.4. The minimum atomic E-state index is 0.300. The molecule has 0 amide bonds. The topological polar surface area (TPSA) is 24.5 Å². The second-order valence-corrected chi connectivity index (χ2v) is 6.02. The fraction of sp³-hybridized carbons (Fsp3) is 0.625. The van der Waals surface area contributed by atoms with Crippen LogP contribution < -0.4 is 10.1 Å². The van der Waals surface area contributed by atoms with Crippen LogP contribution in [0.3, 0.4) is 0 Å². The van der Waals surface area contributed by atoms with Gasteiger partial charge < -0.3 is 15.0 Å². The second kappa shape index (κ2) is 7.30. The lowest BCUT2D eigenvalue weighted by atomic mass is 10.1. The molecule has 0 radical (unpaired) electrons. The SMILES string of the molecule is CNC(C)c1ccc(OCCC2CCCN2C)c(Cl)c1. The molecule has 1 aliphatic rings. The summed E-state index contributed by atoms with van der Waals surface area (Å²) in [6.07, 6.45) is 3.66. The van der Waals surface area contributed by atoms with Gasteiger partial charge in [-0.1, -0.05) is 17.7 Å². The molecule has 1 N–H and O–H groups in total. The molecule has 2 unspecified atom stereocenters. The summed E-state index contributed by atoms with van der Waals surface area (Å²) in [5.74, 6) is 0.791. The number of halogens is 1. The summed E-state index contributed by atoms with van der Waals surface area (Å²) in [5.41, 5.74) is 1.18. The Balaban J connectivity index is 1.86. The molecule has 112 valence electrons. The molecule has 20 heavy (non-hydrogen) atoms. The van der Waals surface area contributed by atoms with Crippen LogP contribution in [0.4, 0.5) is 0 Å². The van der Waals surface area contributed by atoms with Crippen molar-refractivity contribution in [2.75, 3.05) is 27.2 Å². The van der Waals surface area contributed by atoms with Crippen LogP contribution in [0.1, 0.15) is 37.8 Å². The Kier molecular flexibility index (Phi) is 5.70. The standard InChI is InChI=1S/C16H25ClN2O/c1-12(18-2)13-6-7-16(15(17)11-13)20-10-8-14-5-4-9-19(14)3/h6-7,11-12,14,18H,4-5,8-10H2,1-3H3. The van der Waals surface area contributed by atoms with Crippen LogP contribution in [0.25, 0.3) is 0 Å². The Bertz CT molecular complexity index is 438. The maximum absolute atomic E-state index is 6.29. The molecule has 1 fully saturated rings. The molecule has 0 aliphatic carbocycles. The van der Waals surface area contributed by atoms with Crippen LogP contribution in [0.15, 0.2) is 18.2 Å². The third kappa shape index (κ3) is 3.87. The lowest BCUT2D eigenvalue weighted by Gasteiger charge is -2.19. The molecule has 2 atom stereocenters. The van der Waals surface area contributed by atoms with Crippen molar-refractivity contribution in [3.8, 4) is 5.75 Å². The zero-order valence-electron chi connectivity index (χ0n) is 12.7. The first-order chi connectivity index (χ1) is 9.61. The molecule has 4 heteroatoms. The number of likely N-dealkylation sites (tertiary alicyclic amines) is 1. The molecule has 1 aromatic carbocycles. The predicted octanol–water partition coefficient (Wildman–Crippen LogP) is 3.48. The van der Waals surface area contributed by atoms with Crippen molar-refractivity contribution >= 4 is 11.6 Å². The first-order valence-electron chi connectivity index (χ1n) is 7.41. The van der Waals surface area contributed by atoms with Gasteiger partial charge in [-0.2, -0.15) is 0 Å². The molecule has 0 aromatic heterocycles. The van der Waals surface area contributed by atoms with E-state index in [1.807, 2.05) is 19.2 Å². The lowest BCUT2D eigenvalue weighted by Crippen LogP contribution is -2.26. The van der Waals surface area contributed by atoms with Gasteiger partial charge in [0.25, 0.3) is 0 Å². The van der Waals surface area contributed by atoms with E-state index in [-0.39, 0.29) is 0 Å². The average Bonchev–Trinajstić information content (AvgIpc) is 2.85. The Hall–Kier alpha value is -0.770. The first-order valence-corrected chi connectivity index (χ1v) is 7.79. The fourth-order valence-corrected chi connectivity index (χ4v) is 2.96. The van der Waals surface area contributed by atoms with E-state index in [1.54, 1.807) is 0 Å². The minimum Gasteiger partial charge on any atom is -0.492 e. The fourth-order valence-electron chi connectivity index (χ4n) is 2.72. The van der Waals surface area contributed by atoms with E-state index in [0.29, 0.717) is 17.1 Å². The summed E-state index contributed by atoms with van der Waals surface area (Å²) in [6, 6.07) is 7.00. The molecule has 2 rings (SSSR count). The van der Waals surface area contributed by atoms with Gasteiger partial charge in [0, 0.05) is 12.1 Å². The van der Waals surface area contributed by atoms with Crippen molar-refractivity contribution in [3.05, 3.63) is 28.8 Å². The molecule has 0 saturated carbocycles. The smallest absolute Gasteiger partial charge is 0.137 e. The highest BCUT2D eigenvalue weighted by Crippen LogP contribution is 2.28. The van der Waals surface area contributed by atoms with E-state index in [9.17, 15) is 0 Å². The number of rotatable bonds is 6. The molecular formula is C16H25ClN2O. The summed E-state index contributed by atoms with van der Waals surface area (Å²) in [6.45, 7) is 4.06. The Morgan fingerprint density at radius 3 is 2.90 bits per heavy atom. The van der Waals surface area contributed by atoms with Crippen LogP contribution in [0.2, 0.25) is 5.02 Å². The van der Waals surface area contributed by atoms with Crippen molar-refractivity contribution < 1.29 is 4.74 Å². The quantitative estimate of drug-likeness (QED) is 0.870. The van der Waals surface area contributed by atoms with Gasteiger partial charge in [-0.15, -0.1) is 0 Å². The van der Waals surface area contributed by atoms with Crippen LogP contribution >= 0.6 is 11.6 Å². The monoisotopic (exact) mass is 296 g/mol. The van der Waals surface area contributed by atoms with E-state index in [4.69, 9.17) is 16.3 Å². The third-order valence-electron chi connectivity index (χ3n) is 4.27. The van der Waals surface area contributed by atoms with Crippen molar-refractivity contribution in [1.29, 1.82) is 0 Å². The minimum absolute atomic E-state index is 0.300. The molecule has 1 aliphatic heterocycles. The summed E-state index contributed by atoms with van der Waals surface area (Å²) in [5, 5.41) is 3.91. The number of hydrogen-bond acceptors (Lipinski definition) is 3. The Labute approximate surface area is 127 Å². The maximum atomic E-state index is 6.29. The summed E-state index contributed by atoms with van der Waals surface area (Å²) in [4.78, 5) is 2.42. The molecule has 1 heterocycles. The first kappa shape index (κ1) is 15.6. The van der Waals surface area contributed by atoms with Crippen LogP contribution in [-0.4, -0.2) is 38.2 Å². The lowest BCUT2D eigenvalue weighted by molar-refractivity contribution is 0.233. The van der Waals surface area contributed by atoms with Gasteiger partial charge in [-0.05, 0) is 64.5 Å². The number of nitrogens with zero attached hydrogens (tertiary/aromatic N) is 1. The van der Waals surface area contributed by atoms with Gasteiger partial charge in [0.05, 0.1) is 11.6 Å².